The Bertz CT molecular complexity index is 210. The van der Waals surface area contributed by atoms with E-state index in [0.29, 0.717) is 5.69 Å². The average molecular weight is 218 g/mol. The third-order valence-electron chi connectivity index (χ3n) is 1.31. The zero-order valence-electron chi connectivity index (χ0n) is 5.56. The van der Waals surface area contributed by atoms with Gasteiger partial charge in [0.25, 0.3) is 0 Å². The number of benzene rings is 1. The largest absolute Gasteiger partial charge is 0.398 e. The van der Waals surface area contributed by atoms with Gasteiger partial charge in [-0.05, 0) is 24.6 Å². The molecular weight excluding hydrogens is 210 g/mol. The summed E-state index contributed by atoms with van der Waals surface area (Å²) >= 11 is 7.54. The lowest BCUT2D eigenvalue weighted by Crippen LogP contribution is -1.87. The number of nitrogen functional groups attached to an aromatic ring is 1. The molecule has 10 heavy (non-hydrogen) atoms. The fourth-order valence-corrected chi connectivity index (χ4v) is 1.30. The predicted molar refractivity (Wildman–Crippen MR) is 50.5 cm³/mol. The number of aryl methyl sites for hydroxylation is 1. The van der Waals surface area contributed by atoms with E-state index in [1.165, 1.54) is 0 Å². The van der Waals surface area contributed by atoms with Crippen LogP contribution in [0.4, 0.5) is 5.69 Å². The Morgan fingerprint density at radius 1 is 1.50 bits per heavy atom. The molecule has 0 fully saturated rings. The Kier molecular flexibility index (Phi) is 2.26. The molecule has 0 aromatic heterocycles. The molecule has 54 valence electrons. The van der Waals surface area contributed by atoms with Gasteiger partial charge in [-0.25, -0.2) is 0 Å². The van der Waals surface area contributed by atoms with Gasteiger partial charge in [0.1, 0.15) is 0 Å². The third kappa shape index (κ3) is 1.47. The first-order valence-electron chi connectivity index (χ1n) is 2.86. The topological polar surface area (TPSA) is 26.0 Å². The van der Waals surface area contributed by atoms with Crippen LogP contribution in [0.15, 0.2) is 21.5 Å². The molecule has 0 atom stereocenters. The van der Waals surface area contributed by atoms with E-state index >= 15 is 0 Å². The summed E-state index contributed by atoms with van der Waals surface area (Å²) in [4.78, 5) is 0.834. The number of rotatable bonds is 0. The number of nitrogens with two attached hydrogens (primary N) is 1. The standard InChI is InChI=1S/C7H8BrNS/c1-4-2-7(10)6(9)3-5(4)8/h2-3,10H,9H2,1H3. The lowest BCUT2D eigenvalue weighted by molar-refractivity contribution is 1.34. The Morgan fingerprint density at radius 2 is 2.10 bits per heavy atom. The van der Waals surface area contributed by atoms with Crippen LogP contribution in [0.1, 0.15) is 5.56 Å². The van der Waals surface area contributed by atoms with Crippen molar-refractivity contribution < 1.29 is 0 Å². The summed E-state index contributed by atoms with van der Waals surface area (Å²) < 4.78 is 1.03. The van der Waals surface area contributed by atoms with E-state index in [-0.39, 0.29) is 0 Å². The average Bonchev–Trinajstić information content (AvgIpc) is 1.84. The molecule has 1 aromatic rings. The van der Waals surface area contributed by atoms with Crippen LogP contribution < -0.4 is 5.73 Å². The zero-order chi connectivity index (χ0) is 7.72. The van der Waals surface area contributed by atoms with Crippen LogP contribution in [0.25, 0.3) is 0 Å². The number of hydrogen-bond acceptors (Lipinski definition) is 2. The lowest BCUT2D eigenvalue weighted by Gasteiger charge is -2.01. The van der Waals surface area contributed by atoms with Crippen LogP contribution in [0, 0.1) is 6.92 Å². The van der Waals surface area contributed by atoms with Gasteiger partial charge in [0.15, 0.2) is 0 Å². The van der Waals surface area contributed by atoms with Crippen molar-refractivity contribution in [2.45, 2.75) is 11.8 Å². The first-order valence-corrected chi connectivity index (χ1v) is 4.10. The molecular formula is C7H8BrNS. The van der Waals surface area contributed by atoms with E-state index in [1.54, 1.807) is 0 Å². The van der Waals surface area contributed by atoms with Crippen molar-refractivity contribution in [3.63, 3.8) is 0 Å². The van der Waals surface area contributed by atoms with E-state index in [0.717, 1.165) is 14.9 Å². The van der Waals surface area contributed by atoms with E-state index in [4.69, 9.17) is 5.73 Å². The Morgan fingerprint density at radius 3 is 2.60 bits per heavy atom. The predicted octanol–water partition coefficient (Wildman–Crippen LogP) is 2.63. The van der Waals surface area contributed by atoms with Gasteiger partial charge < -0.3 is 5.73 Å². The van der Waals surface area contributed by atoms with Gasteiger partial charge in [0.05, 0.1) is 0 Å². The number of halogens is 1. The van der Waals surface area contributed by atoms with E-state index in [9.17, 15) is 0 Å². The number of anilines is 1. The summed E-state index contributed by atoms with van der Waals surface area (Å²) in [5.41, 5.74) is 7.44. The maximum Gasteiger partial charge on any atom is 0.0461 e. The van der Waals surface area contributed by atoms with Crippen LogP contribution in [-0.4, -0.2) is 0 Å². The van der Waals surface area contributed by atoms with Crippen LogP contribution >= 0.6 is 28.6 Å². The zero-order valence-corrected chi connectivity index (χ0v) is 8.04. The molecule has 0 radical (unpaired) electrons. The van der Waals surface area contributed by atoms with Crippen LogP contribution in [-0.2, 0) is 0 Å². The van der Waals surface area contributed by atoms with Gasteiger partial charge in [-0.3, -0.25) is 0 Å². The molecule has 0 saturated carbocycles. The second kappa shape index (κ2) is 2.84. The fourth-order valence-electron chi connectivity index (χ4n) is 0.682. The molecule has 0 aliphatic carbocycles. The molecule has 1 rings (SSSR count). The minimum absolute atomic E-state index is 0.709. The van der Waals surface area contributed by atoms with Crippen molar-refractivity contribution >= 4 is 34.2 Å². The highest BCUT2D eigenvalue weighted by Gasteiger charge is 1.98. The number of thiol groups is 1. The summed E-state index contributed by atoms with van der Waals surface area (Å²) in [6.45, 7) is 2.00. The second-order valence-corrected chi connectivity index (χ2v) is 3.50. The monoisotopic (exact) mass is 217 g/mol. The Labute approximate surface area is 74.2 Å². The van der Waals surface area contributed by atoms with Crippen molar-refractivity contribution in [2.24, 2.45) is 0 Å². The summed E-state index contributed by atoms with van der Waals surface area (Å²) in [5, 5.41) is 0. The van der Waals surface area contributed by atoms with Gasteiger partial charge in [0, 0.05) is 15.1 Å². The summed E-state index contributed by atoms with van der Waals surface area (Å²) in [6, 6.07) is 3.79. The summed E-state index contributed by atoms with van der Waals surface area (Å²) in [5.74, 6) is 0. The van der Waals surface area contributed by atoms with E-state index < -0.39 is 0 Å². The highest BCUT2D eigenvalue weighted by atomic mass is 79.9. The van der Waals surface area contributed by atoms with E-state index in [1.807, 2.05) is 19.1 Å². The fraction of sp³-hybridized carbons (Fsp3) is 0.143. The smallest absolute Gasteiger partial charge is 0.0461 e. The van der Waals surface area contributed by atoms with Gasteiger partial charge in [0.2, 0.25) is 0 Å². The number of hydrogen-bond donors (Lipinski definition) is 2. The van der Waals surface area contributed by atoms with Crippen LogP contribution in [0.2, 0.25) is 0 Å². The van der Waals surface area contributed by atoms with Crippen LogP contribution in [0.5, 0.6) is 0 Å². The Hall–Kier alpha value is -0.150. The second-order valence-electron chi connectivity index (χ2n) is 2.16. The normalized spacial score (nSPS) is 9.90. The lowest BCUT2D eigenvalue weighted by atomic mass is 10.2. The molecule has 0 aliphatic rings. The minimum atomic E-state index is 0.709. The Balaban J connectivity index is 3.28. The van der Waals surface area contributed by atoms with Crippen molar-refractivity contribution in [1.82, 2.24) is 0 Å². The highest BCUT2D eigenvalue weighted by Crippen LogP contribution is 2.24. The molecule has 2 N–H and O–H groups in total. The molecule has 0 bridgehead atoms. The molecule has 0 unspecified atom stereocenters. The minimum Gasteiger partial charge on any atom is -0.398 e. The first-order chi connectivity index (χ1) is 4.61. The summed E-state index contributed by atoms with van der Waals surface area (Å²) in [6.07, 6.45) is 0. The maximum atomic E-state index is 5.58. The molecule has 3 heteroatoms. The van der Waals surface area contributed by atoms with Gasteiger partial charge in [-0.15, -0.1) is 12.6 Å². The molecule has 0 aliphatic heterocycles. The first kappa shape index (κ1) is 7.95. The van der Waals surface area contributed by atoms with Crippen molar-refractivity contribution in [2.75, 3.05) is 5.73 Å². The van der Waals surface area contributed by atoms with E-state index in [2.05, 4.69) is 28.6 Å². The SMILES string of the molecule is Cc1cc(S)c(N)cc1Br. The van der Waals surface area contributed by atoms with Crippen molar-refractivity contribution in [3.8, 4) is 0 Å². The maximum absolute atomic E-state index is 5.58. The van der Waals surface area contributed by atoms with Gasteiger partial charge in [-0.2, -0.15) is 0 Å². The highest BCUT2D eigenvalue weighted by molar-refractivity contribution is 9.10. The molecule has 0 amide bonds. The summed E-state index contributed by atoms with van der Waals surface area (Å²) in [7, 11) is 0. The van der Waals surface area contributed by atoms with Crippen molar-refractivity contribution in [3.05, 3.63) is 22.2 Å². The molecule has 1 nitrogen and oxygen atoms in total. The molecule has 0 heterocycles. The molecule has 0 spiro atoms. The quantitative estimate of drug-likeness (QED) is 0.508. The third-order valence-corrected chi connectivity index (χ3v) is 2.55. The van der Waals surface area contributed by atoms with Gasteiger partial charge >= 0.3 is 0 Å². The molecule has 1 aromatic carbocycles. The molecule has 0 saturated heterocycles. The van der Waals surface area contributed by atoms with Gasteiger partial charge in [-0.1, -0.05) is 15.9 Å². The van der Waals surface area contributed by atoms with Crippen LogP contribution in [0.3, 0.4) is 0 Å². The van der Waals surface area contributed by atoms with Crippen molar-refractivity contribution in [1.29, 1.82) is 0 Å².